The number of phenolic OH excluding ortho intramolecular Hbond substituents is 1. The zero-order valence-electron chi connectivity index (χ0n) is 27.2. The number of fused-ring (bicyclic) bond motifs is 3. The number of methoxy groups -OCH3 is 1. The summed E-state index contributed by atoms with van der Waals surface area (Å²) in [6.45, 7) is 1.35. The average Bonchev–Trinajstić information content (AvgIpc) is 3.05. The van der Waals surface area contributed by atoms with Crippen molar-refractivity contribution in [1.82, 2.24) is 10.2 Å². The third kappa shape index (κ3) is 5.40. The molecule has 0 bridgehead atoms. The van der Waals surface area contributed by atoms with E-state index in [0.717, 1.165) is 18.5 Å². The van der Waals surface area contributed by atoms with Crippen molar-refractivity contribution in [1.29, 1.82) is 0 Å². The number of carbonyl (C=O) groups excluding carboxylic acids is 4. The number of aliphatic hydroxyl groups excluding tert-OH is 1. The third-order valence-electron chi connectivity index (χ3n) is 10.5. The summed E-state index contributed by atoms with van der Waals surface area (Å²) in [5, 5.41) is 37.5. The molecule has 6 N–H and O–H groups in total. The smallest absolute Gasteiger partial charge is 0.230 e. The molecule has 48 heavy (non-hydrogen) atoms. The summed E-state index contributed by atoms with van der Waals surface area (Å²) in [4.78, 5) is 55.8. The Morgan fingerprint density at radius 2 is 1.75 bits per heavy atom. The molecule has 7 atom stereocenters. The topological polar surface area (TPSA) is 179 Å². The number of aliphatic hydroxyl groups is 2. The number of rotatable bonds is 9. The first-order valence-corrected chi connectivity index (χ1v) is 16.2. The molecule has 3 aromatic rings. The maximum atomic E-state index is 14.2. The fourth-order valence-corrected chi connectivity index (χ4v) is 8.26. The number of hydrogen-bond acceptors (Lipinski definition) is 10. The van der Waals surface area contributed by atoms with Crippen LogP contribution in [-0.4, -0.2) is 89.0 Å². The zero-order valence-corrected chi connectivity index (χ0v) is 27.2. The molecule has 3 aromatic carbocycles. The van der Waals surface area contributed by atoms with E-state index >= 15 is 0 Å². The lowest BCUT2D eigenvalue weighted by Crippen LogP contribution is -2.75. The summed E-state index contributed by atoms with van der Waals surface area (Å²) < 4.78 is 5.72. The molecular formula is C37H41N3O8. The number of nitrogens with two attached hydrogens (primary N) is 1. The van der Waals surface area contributed by atoms with Crippen molar-refractivity contribution in [3.8, 4) is 22.6 Å². The van der Waals surface area contributed by atoms with Crippen LogP contribution in [0.4, 0.5) is 0 Å². The van der Waals surface area contributed by atoms with Crippen molar-refractivity contribution in [2.45, 2.75) is 43.6 Å². The summed E-state index contributed by atoms with van der Waals surface area (Å²) in [6, 6.07) is 18.1. The van der Waals surface area contributed by atoms with Gasteiger partial charge in [-0.3, -0.25) is 19.2 Å². The highest BCUT2D eigenvalue weighted by Crippen LogP contribution is 2.52. The molecule has 0 spiro atoms. The third-order valence-corrected chi connectivity index (χ3v) is 10.5. The highest BCUT2D eigenvalue weighted by atomic mass is 16.5. The van der Waals surface area contributed by atoms with Crippen LogP contribution in [0.25, 0.3) is 11.1 Å². The van der Waals surface area contributed by atoms with E-state index in [9.17, 15) is 34.5 Å². The summed E-state index contributed by atoms with van der Waals surface area (Å²) in [6.07, 6.45) is -0.471. The molecule has 252 valence electrons. The molecule has 3 aliphatic rings. The summed E-state index contributed by atoms with van der Waals surface area (Å²) >= 11 is 0. The molecule has 3 unspecified atom stereocenters. The number of Topliss-reactive ketones (excluding diaryl/α,β-unsaturated/α-hetero) is 3. The van der Waals surface area contributed by atoms with Crippen molar-refractivity contribution in [3.63, 3.8) is 0 Å². The Kier molecular flexibility index (Phi) is 8.99. The van der Waals surface area contributed by atoms with Crippen molar-refractivity contribution in [2.24, 2.45) is 29.4 Å². The Balaban J connectivity index is 1.36. The number of carbonyl (C=O) groups is 4. The van der Waals surface area contributed by atoms with Gasteiger partial charge in [0, 0.05) is 24.1 Å². The molecule has 0 aromatic heterocycles. The molecule has 1 amide bonds. The Labute approximate surface area is 278 Å². The number of amides is 1. The number of hydrogen-bond donors (Lipinski definition) is 5. The maximum absolute atomic E-state index is 14.2. The lowest BCUT2D eigenvalue weighted by molar-refractivity contribution is -0.190. The van der Waals surface area contributed by atoms with Crippen molar-refractivity contribution in [2.75, 3.05) is 27.7 Å². The van der Waals surface area contributed by atoms with E-state index in [2.05, 4.69) is 17.4 Å². The molecule has 11 heteroatoms. The van der Waals surface area contributed by atoms with Gasteiger partial charge in [-0.05, 0) is 86.3 Å². The van der Waals surface area contributed by atoms with Gasteiger partial charge in [-0.25, -0.2) is 0 Å². The second-order valence-corrected chi connectivity index (χ2v) is 13.4. The molecule has 3 aliphatic carbocycles. The molecule has 6 rings (SSSR count). The summed E-state index contributed by atoms with van der Waals surface area (Å²) in [5.41, 5.74) is 6.82. The van der Waals surface area contributed by atoms with Gasteiger partial charge in [0.1, 0.15) is 17.4 Å². The molecular weight excluding hydrogens is 614 g/mol. The highest BCUT2D eigenvalue weighted by molar-refractivity contribution is 6.25. The number of nitrogens with one attached hydrogen (secondary N) is 1. The molecule has 0 radical (unpaired) electrons. The van der Waals surface area contributed by atoms with E-state index in [1.807, 2.05) is 36.4 Å². The second kappa shape index (κ2) is 12.9. The minimum Gasteiger partial charge on any atom is -0.507 e. The highest BCUT2D eigenvalue weighted by Gasteiger charge is 2.69. The van der Waals surface area contributed by atoms with Crippen LogP contribution in [0.2, 0.25) is 0 Å². The molecule has 11 nitrogen and oxygen atoms in total. The predicted molar refractivity (Wildman–Crippen MR) is 176 cm³/mol. The van der Waals surface area contributed by atoms with Crippen LogP contribution in [0.1, 0.15) is 33.5 Å². The van der Waals surface area contributed by atoms with Gasteiger partial charge in [-0.15, -0.1) is 0 Å². The molecule has 2 saturated carbocycles. The van der Waals surface area contributed by atoms with Crippen LogP contribution in [0.3, 0.4) is 0 Å². The largest absolute Gasteiger partial charge is 0.507 e. The Morgan fingerprint density at radius 3 is 2.42 bits per heavy atom. The maximum Gasteiger partial charge on any atom is 0.230 e. The Bertz CT molecular complexity index is 1780. The molecule has 0 saturated heterocycles. The van der Waals surface area contributed by atoms with E-state index < -0.39 is 64.7 Å². The summed E-state index contributed by atoms with van der Waals surface area (Å²) in [5.74, 6) is -8.84. The quantitative estimate of drug-likeness (QED) is 0.168. The lowest BCUT2D eigenvalue weighted by atomic mass is 9.52. The number of ether oxygens (including phenoxy) is 1. The Morgan fingerprint density at radius 1 is 1.02 bits per heavy atom. The van der Waals surface area contributed by atoms with Gasteiger partial charge < -0.3 is 36.0 Å². The van der Waals surface area contributed by atoms with Gasteiger partial charge >= 0.3 is 0 Å². The summed E-state index contributed by atoms with van der Waals surface area (Å²) in [7, 11) is 4.79. The van der Waals surface area contributed by atoms with E-state index in [1.54, 1.807) is 32.2 Å². The first kappa shape index (κ1) is 33.5. The van der Waals surface area contributed by atoms with Gasteiger partial charge in [-0.1, -0.05) is 42.5 Å². The number of phenols is 1. The van der Waals surface area contributed by atoms with Gasteiger partial charge in [-0.2, -0.15) is 0 Å². The Hall–Kier alpha value is -4.42. The zero-order chi connectivity index (χ0) is 34.5. The fraction of sp³-hybridized carbons (Fsp3) is 0.405. The van der Waals surface area contributed by atoms with Gasteiger partial charge in [0.25, 0.3) is 0 Å². The number of aromatic hydroxyl groups is 1. The van der Waals surface area contributed by atoms with Crippen LogP contribution in [-0.2, 0) is 33.8 Å². The molecule has 0 aliphatic heterocycles. The van der Waals surface area contributed by atoms with Crippen molar-refractivity contribution >= 4 is 23.3 Å². The first-order chi connectivity index (χ1) is 22.9. The van der Waals surface area contributed by atoms with Gasteiger partial charge in [0.05, 0.1) is 24.7 Å². The fourth-order valence-electron chi connectivity index (χ4n) is 8.26. The molecule has 2 fully saturated rings. The van der Waals surface area contributed by atoms with Crippen LogP contribution in [0, 0.1) is 23.7 Å². The number of nitrogens with zero attached hydrogens (tertiary/aromatic N) is 1. The van der Waals surface area contributed by atoms with E-state index in [-0.39, 0.29) is 24.2 Å². The number of ketones is 3. The van der Waals surface area contributed by atoms with Crippen molar-refractivity contribution < 1.29 is 39.2 Å². The van der Waals surface area contributed by atoms with E-state index in [4.69, 9.17) is 10.5 Å². The van der Waals surface area contributed by atoms with Gasteiger partial charge in [0.15, 0.2) is 23.0 Å². The predicted octanol–water partition coefficient (Wildman–Crippen LogP) is 1.67. The van der Waals surface area contributed by atoms with Gasteiger partial charge in [0.2, 0.25) is 5.91 Å². The number of primary amides is 1. The SMILES string of the molecule is COc1ccc(CNCCc2ccccc2)cc1-c1ccc(O)c2c1C[C@@H]1C[C@@H]3[C@@H](N(C)C)C(O)C(C(N)=O)C(=O)[C@]3(O)C(=O)C1C2=O. The van der Waals surface area contributed by atoms with Crippen LogP contribution in [0.15, 0.2) is 60.7 Å². The monoisotopic (exact) mass is 655 g/mol. The minimum absolute atomic E-state index is 0.0345. The van der Waals surface area contributed by atoms with Crippen LogP contribution >= 0.6 is 0 Å². The van der Waals surface area contributed by atoms with E-state index in [0.29, 0.717) is 29.0 Å². The average molecular weight is 656 g/mol. The molecule has 0 heterocycles. The van der Waals surface area contributed by atoms with Crippen molar-refractivity contribution in [3.05, 3.63) is 82.9 Å². The standard InChI is InChI=1S/C37H41N3O8/c1-40(2)31-25-17-21-16-24-22(23-15-20(9-12-27(23)48-3)18-39-14-13-19-7-5-4-6-8-19)10-11-26(41)29(24)32(42)28(21)34(44)37(25,47)35(45)30(33(31)43)36(38)46/h4-12,15,21,25,28,30-31,33,39,41,43,47H,13-14,16-18H2,1-3H3,(H2,38,46)/t21-,25-,28?,30?,31-,33?,37-/m1/s1. The first-order valence-electron chi connectivity index (χ1n) is 16.2. The van der Waals surface area contributed by atoms with Crippen LogP contribution < -0.4 is 15.8 Å². The van der Waals surface area contributed by atoms with E-state index in [1.165, 1.54) is 11.6 Å². The lowest BCUT2D eigenvalue weighted by Gasteiger charge is -2.54. The second-order valence-electron chi connectivity index (χ2n) is 13.4. The number of likely N-dealkylation sites (N-methyl/N-ethyl adjacent to an activating group) is 1. The normalized spacial score (nSPS) is 28.1. The van der Waals surface area contributed by atoms with Crippen LogP contribution in [0.5, 0.6) is 11.5 Å². The minimum atomic E-state index is -2.71. The number of benzene rings is 3.